The normalized spacial score (nSPS) is 13.6. The summed E-state index contributed by atoms with van der Waals surface area (Å²) in [5.41, 5.74) is 2.24. The van der Waals surface area contributed by atoms with Crippen molar-refractivity contribution in [2.45, 2.75) is 151 Å². The standard InChI is InChI=1S/C33H63O3P/c1-28(2)20-13-7-9-16-23-31-24-19-26-33(32(31)25-17-10-8-14-21-29(3)4)37(34,35,36)27-18-12-11-15-22-30(5)6/h19,24,26,28-30,34-36H,7-18,20-23,25,27H2,1-6H3. The van der Waals surface area contributed by atoms with Crippen molar-refractivity contribution in [2.75, 3.05) is 6.16 Å². The van der Waals surface area contributed by atoms with E-state index in [1.54, 1.807) is 6.07 Å². The first-order valence-electron chi connectivity index (χ1n) is 15.8. The fourth-order valence-corrected chi connectivity index (χ4v) is 7.68. The van der Waals surface area contributed by atoms with Gasteiger partial charge in [0.25, 0.3) is 0 Å². The van der Waals surface area contributed by atoms with Gasteiger partial charge in [-0.15, -0.1) is 0 Å². The molecule has 3 nitrogen and oxygen atoms in total. The van der Waals surface area contributed by atoms with Crippen LogP contribution in [0.3, 0.4) is 0 Å². The second-order valence-corrected chi connectivity index (χ2v) is 16.3. The molecule has 218 valence electrons. The molecule has 0 atom stereocenters. The van der Waals surface area contributed by atoms with Crippen LogP contribution in [0.4, 0.5) is 0 Å². The molecule has 4 heteroatoms. The molecule has 1 aromatic carbocycles. The van der Waals surface area contributed by atoms with Crippen molar-refractivity contribution >= 4 is 12.6 Å². The van der Waals surface area contributed by atoms with Gasteiger partial charge in [-0.1, -0.05) is 0 Å². The zero-order valence-corrected chi connectivity index (χ0v) is 26.4. The Morgan fingerprint density at radius 2 is 0.973 bits per heavy atom. The minimum atomic E-state index is -4.89. The monoisotopic (exact) mass is 538 g/mol. The van der Waals surface area contributed by atoms with Crippen molar-refractivity contribution in [1.29, 1.82) is 0 Å². The second-order valence-electron chi connectivity index (χ2n) is 13.1. The third kappa shape index (κ3) is 15.6. The Hall–Kier alpha value is -0.470. The van der Waals surface area contributed by atoms with Gasteiger partial charge in [0.05, 0.1) is 0 Å². The van der Waals surface area contributed by atoms with E-state index in [4.69, 9.17) is 0 Å². The summed E-state index contributed by atoms with van der Waals surface area (Å²) in [5, 5.41) is 0.452. The molecule has 0 bridgehead atoms. The van der Waals surface area contributed by atoms with Crippen LogP contribution in [-0.4, -0.2) is 20.8 Å². The van der Waals surface area contributed by atoms with E-state index in [0.717, 1.165) is 62.3 Å². The SMILES string of the molecule is CC(C)CCCCCCc1cccc(P(O)(O)(O)CCCCCCC(C)C)c1CCCCCCC(C)C. The van der Waals surface area contributed by atoms with E-state index < -0.39 is 7.28 Å². The number of hydrogen-bond acceptors (Lipinski definition) is 3. The molecule has 0 fully saturated rings. The second kappa shape index (κ2) is 18.0. The molecule has 0 heterocycles. The van der Waals surface area contributed by atoms with E-state index >= 15 is 0 Å². The van der Waals surface area contributed by atoms with Crippen molar-refractivity contribution in [2.24, 2.45) is 17.8 Å². The Balaban J connectivity index is 2.87. The molecule has 3 N–H and O–H groups in total. The summed E-state index contributed by atoms with van der Waals surface area (Å²) < 4.78 is 0. The van der Waals surface area contributed by atoms with E-state index in [0.29, 0.717) is 17.6 Å². The molecule has 1 rings (SSSR count). The fourth-order valence-electron chi connectivity index (χ4n) is 5.43. The molecule has 0 aliphatic heterocycles. The number of rotatable bonds is 22. The Morgan fingerprint density at radius 3 is 1.46 bits per heavy atom. The predicted molar refractivity (Wildman–Crippen MR) is 166 cm³/mol. The summed E-state index contributed by atoms with van der Waals surface area (Å²) in [5.74, 6) is 2.23. The molecular formula is C33H63O3P. The topological polar surface area (TPSA) is 60.7 Å². The van der Waals surface area contributed by atoms with Gasteiger partial charge in [0.2, 0.25) is 0 Å². The Labute approximate surface area is 231 Å². The third-order valence-corrected chi connectivity index (χ3v) is 10.3. The summed E-state index contributed by atoms with van der Waals surface area (Å²) in [6.07, 6.45) is 19.1. The molecule has 0 aromatic heterocycles. The molecule has 1 aromatic rings. The maximum atomic E-state index is 11.3. The van der Waals surface area contributed by atoms with Gasteiger partial charge in [-0.2, -0.15) is 0 Å². The quantitative estimate of drug-likeness (QED) is 0.102. The summed E-state index contributed by atoms with van der Waals surface area (Å²) in [6.45, 7) is 13.6. The van der Waals surface area contributed by atoms with Crippen LogP contribution in [0.5, 0.6) is 0 Å². The maximum absolute atomic E-state index is 11.3. The Morgan fingerprint density at radius 1 is 0.541 bits per heavy atom. The Bertz CT molecular complexity index is 718. The zero-order chi connectivity index (χ0) is 27.8. The van der Waals surface area contributed by atoms with Gasteiger partial charge < -0.3 is 0 Å². The summed E-state index contributed by atoms with van der Waals surface area (Å²) in [6, 6.07) is 5.89. The van der Waals surface area contributed by atoms with Crippen LogP contribution < -0.4 is 5.30 Å². The first-order valence-corrected chi connectivity index (χ1v) is 18.1. The minimum absolute atomic E-state index is 0.0906. The van der Waals surface area contributed by atoms with Gasteiger partial charge in [-0.3, -0.25) is 0 Å². The average molecular weight is 539 g/mol. The zero-order valence-electron chi connectivity index (χ0n) is 25.5. The predicted octanol–water partition coefficient (Wildman–Crippen LogP) is 9.49. The molecule has 37 heavy (non-hydrogen) atoms. The van der Waals surface area contributed by atoms with E-state index in [9.17, 15) is 14.7 Å². The van der Waals surface area contributed by atoms with Crippen LogP contribution in [-0.2, 0) is 12.8 Å². The van der Waals surface area contributed by atoms with Crippen molar-refractivity contribution in [3.05, 3.63) is 29.3 Å². The van der Waals surface area contributed by atoms with E-state index in [2.05, 4.69) is 47.6 Å². The van der Waals surface area contributed by atoms with Crippen molar-refractivity contribution < 1.29 is 14.7 Å². The molecule has 0 aliphatic rings. The molecular weight excluding hydrogens is 475 g/mol. The number of benzene rings is 1. The summed E-state index contributed by atoms with van der Waals surface area (Å²) >= 11 is 0. The van der Waals surface area contributed by atoms with Crippen molar-refractivity contribution in [1.82, 2.24) is 0 Å². The third-order valence-electron chi connectivity index (χ3n) is 7.78. The van der Waals surface area contributed by atoms with Crippen LogP contribution in [0.25, 0.3) is 0 Å². The van der Waals surface area contributed by atoms with Gasteiger partial charge in [0.15, 0.2) is 0 Å². The van der Waals surface area contributed by atoms with Crippen LogP contribution in [0.1, 0.15) is 149 Å². The van der Waals surface area contributed by atoms with Crippen molar-refractivity contribution in [3.63, 3.8) is 0 Å². The van der Waals surface area contributed by atoms with Crippen LogP contribution in [0.2, 0.25) is 0 Å². The summed E-state index contributed by atoms with van der Waals surface area (Å²) in [4.78, 5) is 34.0. The van der Waals surface area contributed by atoms with Gasteiger partial charge >= 0.3 is 231 Å². The number of hydrogen-bond donors (Lipinski definition) is 3. The van der Waals surface area contributed by atoms with Gasteiger partial charge in [0.1, 0.15) is 0 Å². The van der Waals surface area contributed by atoms with Gasteiger partial charge in [-0.05, 0) is 0 Å². The first kappa shape index (κ1) is 34.6. The van der Waals surface area contributed by atoms with Crippen molar-refractivity contribution in [3.8, 4) is 0 Å². The van der Waals surface area contributed by atoms with Crippen LogP contribution in [0.15, 0.2) is 18.2 Å². The molecule has 0 spiro atoms. The van der Waals surface area contributed by atoms with Gasteiger partial charge in [0, 0.05) is 0 Å². The fraction of sp³-hybridized carbons (Fsp3) is 0.818. The number of unbranched alkanes of at least 4 members (excludes halogenated alkanes) is 9. The molecule has 0 radical (unpaired) electrons. The average Bonchev–Trinajstić information content (AvgIpc) is 2.80. The van der Waals surface area contributed by atoms with Gasteiger partial charge in [-0.25, -0.2) is 0 Å². The molecule has 0 saturated carbocycles. The first-order chi connectivity index (χ1) is 17.4. The summed E-state index contributed by atoms with van der Waals surface area (Å²) in [7, 11) is -4.89. The molecule has 0 unspecified atom stereocenters. The van der Waals surface area contributed by atoms with E-state index in [-0.39, 0.29) is 6.16 Å². The van der Waals surface area contributed by atoms with E-state index in [1.165, 1.54) is 63.4 Å². The van der Waals surface area contributed by atoms with E-state index in [1.807, 2.05) is 6.07 Å². The molecule has 0 saturated heterocycles. The number of aryl methyl sites for hydroxylation is 1. The van der Waals surface area contributed by atoms with Crippen LogP contribution >= 0.6 is 7.28 Å². The molecule has 0 aliphatic carbocycles. The Kier molecular flexibility index (Phi) is 16.8. The van der Waals surface area contributed by atoms with Crippen LogP contribution in [0, 0.1) is 17.8 Å². The molecule has 0 amide bonds.